The Labute approximate surface area is 588 Å². The lowest BCUT2D eigenvalue weighted by Gasteiger charge is -2.21. The number of aliphatic hydroxyl groups is 1. The molecular weight excluding hydrogens is 1260 g/mol. The summed E-state index contributed by atoms with van der Waals surface area (Å²) in [6.07, 6.45) is 57.2. The standard InChI is InChI=1S/C77H150O17P2/c1-7-9-11-13-15-41-47-53-59-74(79)87-65-72(93-76(81)61-55-49-42-16-14-12-10-8-2)67-91-95(83,84)89-63-71(78)64-90-96(85,86)92-68-73(66-88-75(80)60-54-48-43-37-33-29-25-22-21-24-28-32-36-40-46-52-58-70(5)6)94-77(82)62-56-50-44-38-34-30-26-20-18-17-19-23-27-31-35-39-45-51-57-69(3)4/h69-73,78H,7-68H2,1-6H3,(H,83,84)(H,85,86)/t71-,72+,73+/m0/s1. The molecule has 0 spiro atoms. The second-order valence-electron chi connectivity index (χ2n) is 28.7. The summed E-state index contributed by atoms with van der Waals surface area (Å²) in [5.74, 6) is -0.488. The first kappa shape index (κ1) is 94.1. The lowest BCUT2D eigenvalue weighted by atomic mass is 10.0. The van der Waals surface area contributed by atoms with Gasteiger partial charge < -0.3 is 33.8 Å². The molecular formula is C77H150O17P2. The Hall–Kier alpha value is -1.94. The van der Waals surface area contributed by atoms with Gasteiger partial charge in [0.15, 0.2) is 12.2 Å². The van der Waals surface area contributed by atoms with Crippen LogP contribution in [0.2, 0.25) is 0 Å². The van der Waals surface area contributed by atoms with Crippen LogP contribution in [0, 0.1) is 11.8 Å². The molecule has 0 radical (unpaired) electrons. The number of unbranched alkanes of at least 4 members (excludes halogenated alkanes) is 46. The van der Waals surface area contributed by atoms with Gasteiger partial charge >= 0.3 is 39.5 Å². The number of aliphatic hydroxyl groups excluding tert-OH is 1. The van der Waals surface area contributed by atoms with Gasteiger partial charge in [-0.3, -0.25) is 37.3 Å². The van der Waals surface area contributed by atoms with Gasteiger partial charge in [-0.2, -0.15) is 0 Å². The fraction of sp³-hybridized carbons (Fsp3) is 0.948. The normalized spacial score (nSPS) is 14.0. The van der Waals surface area contributed by atoms with Gasteiger partial charge in [-0.25, -0.2) is 9.13 Å². The molecule has 3 N–H and O–H groups in total. The number of esters is 4. The van der Waals surface area contributed by atoms with Crippen LogP contribution in [0.1, 0.15) is 401 Å². The zero-order valence-corrected chi connectivity index (χ0v) is 64.5. The quantitative estimate of drug-likeness (QED) is 0.0222. The third-order valence-corrected chi connectivity index (χ3v) is 19.9. The predicted molar refractivity (Wildman–Crippen MR) is 391 cm³/mol. The minimum Gasteiger partial charge on any atom is -0.462 e. The van der Waals surface area contributed by atoms with E-state index in [9.17, 15) is 43.2 Å². The fourth-order valence-electron chi connectivity index (χ4n) is 11.8. The first-order valence-electron chi connectivity index (χ1n) is 40.0. The summed E-state index contributed by atoms with van der Waals surface area (Å²) in [5, 5.41) is 10.6. The summed E-state index contributed by atoms with van der Waals surface area (Å²) in [6, 6.07) is 0. The van der Waals surface area contributed by atoms with Gasteiger partial charge in [0.1, 0.15) is 19.3 Å². The van der Waals surface area contributed by atoms with Gasteiger partial charge in [0, 0.05) is 25.7 Å². The molecule has 19 heteroatoms. The van der Waals surface area contributed by atoms with E-state index < -0.39 is 97.5 Å². The second kappa shape index (κ2) is 68.8. The average Bonchev–Trinajstić information content (AvgIpc) is 2.06. The maximum atomic E-state index is 13.1. The van der Waals surface area contributed by atoms with Crippen LogP contribution in [-0.4, -0.2) is 96.7 Å². The summed E-state index contributed by atoms with van der Waals surface area (Å²) in [7, 11) is -9.90. The molecule has 2 unspecified atom stereocenters. The number of hydrogen-bond acceptors (Lipinski definition) is 15. The lowest BCUT2D eigenvalue weighted by molar-refractivity contribution is -0.161. The Bertz CT molecular complexity index is 1860. The molecule has 0 fully saturated rings. The molecule has 96 heavy (non-hydrogen) atoms. The highest BCUT2D eigenvalue weighted by Crippen LogP contribution is 2.45. The van der Waals surface area contributed by atoms with Gasteiger partial charge in [-0.1, -0.05) is 350 Å². The maximum Gasteiger partial charge on any atom is 0.472 e. The van der Waals surface area contributed by atoms with Crippen LogP contribution in [0.5, 0.6) is 0 Å². The van der Waals surface area contributed by atoms with Crippen LogP contribution >= 0.6 is 15.6 Å². The summed E-state index contributed by atoms with van der Waals surface area (Å²) in [5.41, 5.74) is 0. The van der Waals surface area contributed by atoms with E-state index >= 15 is 0 Å². The molecule has 0 saturated heterocycles. The average molecular weight is 1410 g/mol. The van der Waals surface area contributed by atoms with Crippen LogP contribution in [0.3, 0.4) is 0 Å². The highest BCUT2D eigenvalue weighted by molar-refractivity contribution is 7.47. The van der Waals surface area contributed by atoms with E-state index in [0.717, 1.165) is 115 Å². The summed E-state index contributed by atoms with van der Waals surface area (Å²) in [4.78, 5) is 72.6. The number of hydrogen-bond donors (Lipinski definition) is 3. The smallest absolute Gasteiger partial charge is 0.462 e. The van der Waals surface area contributed by atoms with E-state index in [0.29, 0.717) is 25.7 Å². The highest BCUT2D eigenvalue weighted by atomic mass is 31.2. The zero-order chi connectivity index (χ0) is 70.7. The molecule has 570 valence electrons. The van der Waals surface area contributed by atoms with Crippen LogP contribution < -0.4 is 0 Å². The van der Waals surface area contributed by atoms with Crippen LogP contribution in [-0.2, 0) is 65.4 Å². The molecule has 0 aromatic rings. The first-order chi connectivity index (χ1) is 46.4. The van der Waals surface area contributed by atoms with E-state index in [1.54, 1.807) is 0 Å². The number of carbonyl (C=O) groups excluding carboxylic acids is 4. The van der Waals surface area contributed by atoms with E-state index in [1.807, 2.05) is 0 Å². The fourth-order valence-corrected chi connectivity index (χ4v) is 13.4. The van der Waals surface area contributed by atoms with Crippen molar-refractivity contribution in [1.82, 2.24) is 0 Å². The largest absolute Gasteiger partial charge is 0.472 e. The van der Waals surface area contributed by atoms with Crippen molar-refractivity contribution < 1.29 is 80.2 Å². The van der Waals surface area contributed by atoms with Crippen molar-refractivity contribution in [2.24, 2.45) is 11.8 Å². The topological polar surface area (TPSA) is 237 Å². The molecule has 0 aliphatic heterocycles. The number of carbonyl (C=O) groups is 4. The van der Waals surface area contributed by atoms with Crippen molar-refractivity contribution in [3.63, 3.8) is 0 Å². The molecule has 0 aliphatic carbocycles. The minimum atomic E-state index is -4.96. The van der Waals surface area contributed by atoms with Crippen LogP contribution in [0.15, 0.2) is 0 Å². The molecule has 0 aromatic carbocycles. The van der Waals surface area contributed by atoms with Gasteiger partial charge in [0.25, 0.3) is 0 Å². The molecule has 0 bridgehead atoms. The van der Waals surface area contributed by atoms with Crippen molar-refractivity contribution in [2.75, 3.05) is 39.6 Å². The highest BCUT2D eigenvalue weighted by Gasteiger charge is 2.30. The van der Waals surface area contributed by atoms with E-state index in [-0.39, 0.29) is 25.7 Å². The van der Waals surface area contributed by atoms with Gasteiger partial charge in [-0.15, -0.1) is 0 Å². The number of ether oxygens (including phenoxy) is 4. The molecule has 0 heterocycles. The Morgan fingerprint density at radius 3 is 0.708 bits per heavy atom. The van der Waals surface area contributed by atoms with Gasteiger partial charge in [0.05, 0.1) is 26.4 Å². The second-order valence-corrected chi connectivity index (χ2v) is 31.6. The van der Waals surface area contributed by atoms with Crippen LogP contribution in [0.4, 0.5) is 0 Å². The predicted octanol–water partition coefficient (Wildman–Crippen LogP) is 22.7. The number of rotatable bonds is 76. The van der Waals surface area contributed by atoms with Gasteiger partial charge in [0.2, 0.25) is 0 Å². The molecule has 5 atom stereocenters. The Morgan fingerprint density at radius 1 is 0.281 bits per heavy atom. The Morgan fingerprint density at radius 2 is 0.479 bits per heavy atom. The third kappa shape index (κ3) is 70.5. The molecule has 0 amide bonds. The van der Waals surface area contributed by atoms with Crippen molar-refractivity contribution in [2.45, 2.75) is 419 Å². The first-order valence-corrected chi connectivity index (χ1v) is 43.0. The molecule has 0 saturated carbocycles. The number of phosphoric ester groups is 2. The summed E-state index contributed by atoms with van der Waals surface area (Å²) >= 11 is 0. The van der Waals surface area contributed by atoms with E-state index in [4.69, 9.17) is 37.0 Å². The van der Waals surface area contributed by atoms with Crippen molar-refractivity contribution in [3.8, 4) is 0 Å². The zero-order valence-electron chi connectivity index (χ0n) is 62.7. The van der Waals surface area contributed by atoms with E-state index in [2.05, 4.69) is 41.5 Å². The summed E-state index contributed by atoms with van der Waals surface area (Å²) in [6.45, 7) is 9.61. The van der Waals surface area contributed by atoms with Crippen molar-refractivity contribution in [3.05, 3.63) is 0 Å². The lowest BCUT2D eigenvalue weighted by Crippen LogP contribution is -2.30. The maximum absolute atomic E-state index is 13.1. The van der Waals surface area contributed by atoms with Crippen molar-refractivity contribution in [1.29, 1.82) is 0 Å². The van der Waals surface area contributed by atoms with Crippen molar-refractivity contribution >= 4 is 39.5 Å². The van der Waals surface area contributed by atoms with E-state index in [1.165, 1.54) is 205 Å². The molecule has 0 aliphatic rings. The van der Waals surface area contributed by atoms with Gasteiger partial charge in [-0.05, 0) is 37.5 Å². The Kier molecular flexibility index (Phi) is 67.4. The monoisotopic (exact) mass is 1410 g/mol. The third-order valence-electron chi connectivity index (χ3n) is 18.0. The summed E-state index contributed by atoms with van der Waals surface area (Å²) < 4.78 is 68.3. The molecule has 0 aromatic heterocycles. The molecule has 17 nitrogen and oxygen atoms in total. The van der Waals surface area contributed by atoms with Crippen LogP contribution in [0.25, 0.3) is 0 Å². The molecule has 0 rings (SSSR count). The Balaban J connectivity index is 5.13. The minimum absolute atomic E-state index is 0.105. The number of phosphoric acid groups is 2. The SMILES string of the molecule is CCCCCCCCCCC(=O)OC[C@H](COP(=O)(O)OC[C@H](O)COP(=O)(O)OC[C@@H](COC(=O)CCCCCCCCCCCCCCCCCCC(C)C)OC(=O)CCCCCCCCCCCCCCCCCCCCC(C)C)OC(=O)CCCCCCCCCC.